The molecule has 0 atom stereocenters. The Labute approximate surface area is 170 Å². The van der Waals surface area contributed by atoms with E-state index in [0.717, 1.165) is 46.8 Å². The van der Waals surface area contributed by atoms with Crippen molar-refractivity contribution in [2.24, 2.45) is 7.05 Å². The molecular weight excluding hydrogens is 437 g/mol. The first-order valence-corrected chi connectivity index (χ1v) is 9.08. The van der Waals surface area contributed by atoms with Gasteiger partial charge in [0.05, 0.1) is 10.7 Å². The van der Waals surface area contributed by atoms with Crippen LogP contribution in [0.3, 0.4) is 0 Å². The third-order valence-electron chi connectivity index (χ3n) is 3.80. The number of hydrogen-bond donors (Lipinski definition) is 0. The van der Waals surface area contributed by atoms with Gasteiger partial charge in [0.2, 0.25) is 6.41 Å². The smallest absolute Gasteiger partial charge is 0.279 e. The normalized spacial score (nSPS) is 11.6. The quantitative estimate of drug-likeness (QED) is 0.365. The molecule has 0 saturated heterocycles. The lowest BCUT2D eigenvalue weighted by atomic mass is 10.2. The van der Waals surface area contributed by atoms with Gasteiger partial charge in [-0.25, -0.2) is 8.78 Å². The van der Waals surface area contributed by atoms with Gasteiger partial charge in [0.1, 0.15) is 22.3 Å². The molecule has 0 aliphatic heterocycles. The standard InChI is InChI=1S/C18H11ClF5N3OS/c1-26-17(29-12-5-2-10(20)3-6-12)15(16(25-26)18(22,23)24)27(9-28)11-4-7-14(21)13(19)8-11/h2-9H,1H3. The second-order valence-electron chi connectivity index (χ2n) is 5.75. The van der Waals surface area contributed by atoms with Crippen LogP contribution in [0, 0.1) is 11.6 Å². The van der Waals surface area contributed by atoms with Crippen molar-refractivity contribution in [1.82, 2.24) is 9.78 Å². The first-order chi connectivity index (χ1) is 13.6. The minimum absolute atomic E-state index is 0.0310. The summed E-state index contributed by atoms with van der Waals surface area (Å²) in [4.78, 5) is 12.9. The fraction of sp³-hybridized carbons (Fsp3) is 0.111. The molecule has 0 saturated carbocycles. The number of rotatable bonds is 5. The molecule has 0 radical (unpaired) electrons. The zero-order valence-electron chi connectivity index (χ0n) is 14.5. The number of halogens is 6. The summed E-state index contributed by atoms with van der Waals surface area (Å²) >= 11 is 6.58. The van der Waals surface area contributed by atoms with E-state index in [1.54, 1.807) is 0 Å². The molecule has 3 rings (SSSR count). The molecule has 0 bridgehead atoms. The third kappa shape index (κ3) is 4.38. The first-order valence-electron chi connectivity index (χ1n) is 7.89. The third-order valence-corrected chi connectivity index (χ3v) is 5.24. The van der Waals surface area contributed by atoms with Gasteiger partial charge in [0.25, 0.3) is 0 Å². The molecule has 0 aliphatic carbocycles. The number of benzene rings is 2. The van der Waals surface area contributed by atoms with Crippen LogP contribution in [-0.2, 0) is 18.0 Å². The molecule has 0 unspecified atom stereocenters. The zero-order valence-corrected chi connectivity index (χ0v) is 16.1. The van der Waals surface area contributed by atoms with Crippen molar-refractivity contribution < 1.29 is 26.7 Å². The summed E-state index contributed by atoms with van der Waals surface area (Å²) in [6, 6.07) is 8.15. The maximum atomic E-state index is 13.6. The van der Waals surface area contributed by atoms with Gasteiger partial charge in [0, 0.05) is 11.9 Å². The molecule has 1 amide bonds. The van der Waals surface area contributed by atoms with Crippen LogP contribution in [0.2, 0.25) is 5.02 Å². The first kappa shape index (κ1) is 21.1. The lowest BCUT2D eigenvalue weighted by Crippen LogP contribution is -2.19. The Bertz CT molecular complexity index is 1050. The monoisotopic (exact) mass is 447 g/mol. The number of amides is 1. The summed E-state index contributed by atoms with van der Waals surface area (Å²) in [5, 5.41) is 3.13. The summed E-state index contributed by atoms with van der Waals surface area (Å²) in [6.45, 7) is 0. The van der Waals surface area contributed by atoms with Gasteiger partial charge in [-0.15, -0.1) is 0 Å². The number of alkyl halides is 3. The summed E-state index contributed by atoms with van der Waals surface area (Å²) in [7, 11) is 1.28. The highest BCUT2D eigenvalue weighted by Crippen LogP contribution is 2.45. The van der Waals surface area contributed by atoms with E-state index in [1.807, 2.05) is 0 Å². The maximum Gasteiger partial charge on any atom is 0.437 e. The Balaban J connectivity index is 2.19. The molecule has 0 aliphatic rings. The number of hydrogen-bond acceptors (Lipinski definition) is 3. The molecule has 1 heterocycles. The van der Waals surface area contributed by atoms with E-state index in [-0.39, 0.29) is 22.1 Å². The number of anilines is 2. The van der Waals surface area contributed by atoms with Crippen molar-refractivity contribution in [3.63, 3.8) is 0 Å². The van der Waals surface area contributed by atoms with Gasteiger partial charge >= 0.3 is 6.18 Å². The van der Waals surface area contributed by atoms with E-state index in [2.05, 4.69) is 5.10 Å². The number of carbonyl (C=O) groups excluding carboxylic acids is 1. The lowest BCUT2D eigenvalue weighted by Gasteiger charge is -2.20. The van der Waals surface area contributed by atoms with Gasteiger partial charge in [-0.1, -0.05) is 23.4 Å². The van der Waals surface area contributed by atoms with Crippen LogP contribution in [-0.4, -0.2) is 16.2 Å². The highest BCUT2D eigenvalue weighted by atomic mass is 35.5. The average molecular weight is 448 g/mol. The summed E-state index contributed by atoms with van der Waals surface area (Å²) in [5.74, 6) is -1.30. The van der Waals surface area contributed by atoms with Crippen LogP contribution >= 0.6 is 23.4 Å². The highest BCUT2D eigenvalue weighted by Gasteiger charge is 2.41. The fourth-order valence-electron chi connectivity index (χ4n) is 2.51. The van der Waals surface area contributed by atoms with Gasteiger partial charge in [-0.2, -0.15) is 18.3 Å². The molecule has 152 valence electrons. The second kappa shape index (κ2) is 8.03. The Morgan fingerprint density at radius 2 is 1.79 bits per heavy atom. The van der Waals surface area contributed by atoms with E-state index >= 15 is 0 Å². The molecule has 0 spiro atoms. The zero-order chi connectivity index (χ0) is 21.3. The van der Waals surface area contributed by atoms with E-state index in [4.69, 9.17) is 11.6 Å². The summed E-state index contributed by atoms with van der Waals surface area (Å²) in [6.07, 6.45) is -4.72. The number of aromatic nitrogens is 2. The second-order valence-corrected chi connectivity index (χ2v) is 7.22. The van der Waals surface area contributed by atoms with E-state index in [0.29, 0.717) is 9.80 Å². The largest absolute Gasteiger partial charge is 0.437 e. The minimum atomic E-state index is -4.88. The molecule has 0 N–H and O–H groups in total. The van der Waals surface area contributed by atoms with E-state index in [1.165, 1.54) is 19.2 Å². The topological polar surface area (TPSA) is 38.1 Å². The van der Waals surface area contributed by atoms with E-state index in [9.17, 15) is 26.7 Å². The Kier molecular flexibility index (Phi) is 5.85. The van der Waals surface area contributed by atoms with Crippen LogP contribution in [0.4, 0.5) is 33.3 Å². The van der Waals surface area contributed by atoms with Crippen LogP contribution in [0.15, 0.2) is 52.4 Å². The average Bonchev–Trinajstić information content (AvgIpc) is 2.97. The molecule has 3 aromatic rings. The van der Waals surface area contributed by atoms with Crippen molar-refractivity contribution in [2.75, 3.05) is 4.90 Å². The van der Waals surface area contributed by atoms with Crippen molar-refractivity contribution in [3.05, 3.63) is 64.8 Å². The lowest BCUT2D eigenvalue weighted by molar-refractivity contribution is -0.140. The SMILES string of the molecule is Cn1nc(C(F)(F)F)c(N(C=O)c2ccc(F)c(Cl)c2)c1Sc1ccc(F)cc1. The van der Waals surface area contributed by atoms with Gasteiger partial charge in [-0.05, 0) is 42.5 Å². The van der Waals surface area contributed by atoms with Gasteiger partial charge in [0.15, 0.2) is 5.69 Å². The summed E-state index contributed by atoms with van der Waals surface area (Å²) in [5.41, 5.74) is -1.94. The van der Waals surface area contributed by atoms with Crippen LogP contribution in [0.1, 0.15) is 5.69 Å². The Morgan fingerprint density at radius 1 is 1.14 bits per heavy atom. The van der Waals surface area contributed by atoms with Crippen LogP contribution < -0.4 is 4.90 Å². The molecule has 1 aromatic heterocycles. The van der Waals surface area contributed by atoms with E-state index < -0.39 is 29.2 Å². The minimum Gasteiger partial charge on any atom is -0.279 e. The van der Waals surface area contributed by atoms with Gasteiger partial charge in [-0.3, -0.25) is 14.4 Å². The molecular formula is C18H11ClF5N3OS. The van der Waals surface area contributed by atoms with Gasteiger partial charge < -0.3 is 0 Å². The summed E-state index contributed by atoms with van der Waals surface area (Å²) < 4.78 is 68.5. The Hall–Kier alpha value is -2.59. The fourth-order valence-corrected chi connectivity index (χ4v) is 3.65. The molecule has 2 aromatic carbocycles. The number of aryl methyl sites for hydroxylation is 1. The maximum absolute atomic E-state index is 13.6. The van der Waals surface area contributed by atoms with Crippen molar-refractivity contribution in [3.8, 4) is 0 Å². The molecule has 29 heavy (non-hydrogen) atoms. The predicted molar refractivity (Wildman–Crippen MR) is 98.3 cm³/mol. The van der Waals surface area contributed by atoms with Crippen molar-refractivity contribution >= 4 is 41.1 Å². The molecule has 11 heteroatoms. The Morgan fingerprint density at radius 3 is 2.34 bits per heavy atom. The molecule has 4 nitrogen and oxygen atoms in total. The van der Waals surface area contributed by atoms with Crippen LogP contribution in [0.5, 0.6) is 0 Å². The number of carbonyl (C=O) groups is 1. The number of nitrogens with zero attached hydrogens (tertiary/aromatic N) is 3. The molecule has 0 fully saturated rings. The highest BCUT2D eigenvalue weighted by molar-refractivity contribution is 7.99. The predicted octanol–water partition coefficient (Wildman–Crippen LogP) is 5.82. The van der Waals surface area contributed by atoms with Crippen molar-refractivity contribution in [1.29, 1.82) is 0 Å². The van der Waals surface area contributed by atoms with Crippen molar-refractivity contribution in [2.45, 2.75) is 16.1 Å². The van der Waals surface area contributed by atoms with Crippen LogP contribution in [0.25, 0.3) is 0 Å².